The lowest BCUT2D eigenvalue weighted by Crippen LogP contribution is -1.94. The predicted octanol–water partition coefficient (Wildman–Crippen LogP) is 10.9. The third-order valence-corrected chi connectivity index (χ3v) is 6.98. The normalized spacial score (nSPS) is 12.4. The molecule has 0 saturated heterocycles. The van der Waals surface area contributed by atoms with E-state index in [1.54, 1.807) is 0 Å². The minimum absolute atomic E-state index is 0.994. The standard InChI is InChI=1S/C37H32/c1-6-12-25(3)22-27(5)36-32-16-10-11-17-33(32)37(31-19-18-28-14-8-9-15-30(28)23-31)35-24-29(20-21-34(35)36)26(4)13-7-2/h6-24H,3-4H2,1-2,5H3/b12-6-,13-7-,27-22+. The zero-order valence-electron chi connectivity index (χ0n) is 21.9. The van der Waals surface area contributed by atoms with Gasteiger partial charge in [0.05, 0.1) is 0 Å². The van der Waals surface area contributed by atoms with E-state index in [4.69, 9.17) is 0 Å². The molecule has 0 N–H and O–H groups in total. The lowest BCUT2D eigenvalue weighted by molar-refractivity contribution is 1.59. The summed E-state index contributed by atoms with van der Waals surface area (Å²) in [6, 6.07) is 30.9. The highest BCUT2D eigenvalue weighted by molar-refractivity contribution is 6.19. The summed E-state index contributed by atoms with van der Waals surface area (Å²) in [5, 5.41) is 7.46. The van der Waals surface area contributed by atoms with Crippen LogP contribution in [0.1, 0.15) is 31.9 Å². The summed E-state index contributed by atoms with van der Waals surface area (Å²) < 4.78 is 0. The van der Waals surface area contributed by atoms with Crippen molar-refractivity contribution in [3.8, 4) is 11.1 Å². The molecule has 0 aliphatic rings. The second kappa shape index (κ2) is 10.3. The van der Waals surface area contributed by atoms with Crippen LogP contribution in [0.2, 0.25) is 0 Å². The SMILES string of the molecule is C=C(/C=C\C)/C=C(\C)c1c2ccccc2c(-c2ccc3ccccc3c2)c2cc(C(=C)/C=C\C)ccc12. The summed E-state index contributed by atoms with van der Waals surface area (Å²) in [4.78, 5) is 0. The number of rotatable bonds is 6. The second-order valence-electron chi connectivity index (χ2n) is 9.55. The van der Waals surface area contributed by atoms with Crippen molar-refractivity contribution in [3.63, 3.8) is 0 Å². The highest BCUT2D eigenvalue weighted by atomic mass is 14.2. The van der Waals surface area contributed by atoms with Crippen LogP contribution in [0.3, 0.4) is 0 Å². The van der Waals surface area contributed by atoms with Gasteiger partial charge in [-0.2, -0.15) is 0 Å². The molecule has 5 rings (SSSR count). The van der Waals surface area contributed by atoms with E-state index in [0.29, 0.717) is 0 Å². The maximum Gasteiger partial charge on any atom is -0.00259 e. The first-order chi connectivity index (χ1) is 18.0. The molecule has 0 radical (unpaired) electrons. The van der Waals surface area contributed by atoms with E-state index in [9.17, 15) is 0 Å². The quantitative estimate of drug-likeness (QED) is 0.169. The Morgan fingerprint density at radius 2 is 1.32 bits per heavy atom. The number of hydrogen-bond acceptors (Lipinski definition) is 0. The van der Waals surface area contributed by atoms with E-state index >= 15 is 0 Å². The van der Waals surface area contributed by atoms with Gasteiger partial charge in [-0.05, 0) is 104 Å². The van der Waals surface area contributed by atoms with Crippen molar-refractivity contribution in [1.82, 2.24) is 0 Å². The smallest absolute Gasteiger partial charge is 0.00259 e. The zero-order valence-corrected chi connectivity index (χ0v) is 21.9. The molecule has 0 heteroatoms. The Labute approximate surface area is 220 Å². The number of fused-ring (bicyclic) bond motifs is 3. The van der Waals surface area contributed by atoms with Gasteiger partial charge >= 0.3 is 0 Å². The monoisotopic (exact) mass is 476 g/mol. The molecule has 0 spiro atoms. The summed E-state index contributed by atoms with van der Waals surface area (Å²) in [6.07, 6.45) is 10.4. The molecule has 180 valence electrons. The molecule has 0 saturated carbocycles. The fourth-order valence-corrected chi connectivity index (χ4v) is 5.37. The van der Waals surface area contributed by atoms with Gasteiger partial charge in [0.1, 0.15) is 0 Å². The molecule has 5 aromatic carbocycles. The van der Waals surface area contributed by atoms with Crippen molar-refractivity contribution in [2.75, 3.05) is 0 Å². The van der Waals surface area contributed by atoms with Gasteiger partial charge in [-0.15, -0.1) is 0 Å². The Balaban J connectivity index is 1.92. The van der Waals surface area contributed by atoms with E-state index in [1.165, 1.54) is 54.6 Å². The van der Waals surface area contributed by atoms with E-state index in [2.05, 4.69) is 123 Å². The molecule has 0 atom stereocenters. The number of hydrogen-bond donors (Lipinski definition) is 0. The number of benzene rings is 5. The van der Waals surface area contributed by atoms with Crippen molar-refractivity contribution in [2.45, 2.75) is 20.8 Å². The molecule has 0 aliphatic heterocycles. The van der Waals surface area contributed by atoms with Gasteiger partial charge in [0, 0.05) is 0 Å². The molecule has 0 aliphatic carbocycles. The Morgan fingerprint density at radius 1 is 0.649 bits per heavy atom. The molecule has 37 heavy (non-hydrogen) atoms. The Bertz CT molecular complexity index is 1770. The molecule has 0 aromatic heterocycles. The molecule has 0 heterocycles. The average Bonchev–Trinajstić information content (AvgIpc) is 2.91. The largest absolute Gasteiger partial charge is 0.0918 e. The van der Waals surface area contributed by atoms with Crippen LogP contribution in [-0.4, -0.2) is 0 Å². The summed E-state index contributed by atoms with van der Waals surface area (Å²) in [5.41, 5.74) is 8.08. The molecule has 0 fully saturated rings. The summed E-state index contributed by atoms with van der Waals surface area (Å²) in [7, 11) is 0. The third-order valence-electron chi connectivity index (χ3n) is 6.98. The second-order valence-corrected chi connectivity index (χ2v) is 9.55. The Kier molecular flexibility index (Phi) is 6.75. The van der Waals surface area contributed by atoms with Crippen LogP contribution in [0.5, 0.6) is 0 Å². The molecule has 0 unspecified atom stereocenters. The highest BCUT2D eigenvalue weighted by Crippen LogP contribution is 2.43. The molecule has 0 amide bonds. The molecule has 0 nitrogen and oxygen atoms in total. The fraction of sp³-hybridized carbons (Fsp3) is 0.0811. The van der Waals surface area contributed by atoms with E-state index in [-0.39, 0.29) is 0 Å². The van der Waals surface area contributed by atoms with Crippen LogP contribution in [0, 0.1) is 0 Å². The maximum absolute atomic E-state index is 4.33. The van der Waals surface area contributed by atoms with Crippen molar-refractivity contribution in [1.29, 1.82) is 0 Å². The Morgan fingerprint density at radius 3 is 2.08 bits per heavy atom. The van der Waals surface area contributed by atoms with Crippen LogP contribution >= 0.6 is 0 Å². The van der Waals surface area contributed by atoms with Crippen LogP contribution in [-0.2, 0) is 0 Å². The molecular weight excluding hydrogens is 444 g/mol. The van der Waals surface area contributed by atoms with Gasteiger partial charge in [-0.1, -0.05) is 116 Å². The predicted molar refractivity (Wildman–Crippen MR) is 166 cm³/mol. The summed E-state index contributed by atoms with van der Waals surface area (Å²) in [5.74, 6) is 0. The van der Waals surface area contributed by atoms with Crippen molar-refractivity contribution < 1.29 is 0 Å². The minimum Gasteiger partial charge on any atom is -0.0918 e. The van der Waals surface area contributed by atoms with E-state index < -0.39 is 0 Å². The van der Waals surface area contributed by atoms with Crippen LogP contribution in [0.4, 0.5) is 0 Å². The zero-order chi connectivity index (χ0) is 25.9. The topological polar surface area (TPSA) is 0 Å². The van der Waals surface area contributed by atoms with Gasteiger partial charge in [0.25, 0.3) is 0 Å². The molecule has 0 bridgehead atoms. The van der Waals surface area contributed by atoms with Crippen molar-refractivity contribution in [2.24, 2.45) is 0 Å². The highest BCUT2D eigenvalue weighted by Gasteiger charge is 2.17. The molecule has 5 aromatic rings. The van der Waals surface area contributed by atoms with Crippen LogP contribution < -0.4 is 0 Å². The third kappa shape index (κ3) is 4.59. The van der Waals surface area contributed by atoms with Crippen LogP contribution in [0.15, 0.2) is 134 Å². The van der Waals surface area contributed by atoms with Gasteiger partial charge in [0.15, 0.2) is 0 Å². The maximum atomic E-state index is 4.33. The van der Waals surface area contributed by atoms with Gasteiger partial charge in [0.2, 0.25) is 0 Å². The minimum atomic E-state index is 0.994. The van der Waals surface area contributed by atoms with Crippen molar-refractivity contribution in [3.05, 3.63) is 145 Å². The molecular formula is C37H32. The lowest BCUT2D eigenvalue weighted by Gasteiger charge is -2.19. The average molecular weight is 477 g/mol. The van der Waals surface area contributed by atoms with Crippen LogP contribution in [0.25, 0.3) is 54.6 Å². The number of allylic oxidation sites excluding steroid dienone is 8. The van der Waals surface area contributed by atoms with Gasteiger partial charge < -0.3 is 0 Å². The van der Waals surface area contributed by atoms with E-state index in [1.807, 2.05) is 26.0 Å². The van der Waals surface area contributed by atoms with Gasteiger partial charge in [-0.3, -0.25) is 0 Å². The fourth-order valence-electron chi connectivity index (χ4n) is 5.37. The lowest BCUT2D eigenvalue weighted by atomic mass is 9.84. The van der Waals surface area contributed by atoms with Gasteiger partial charge in [-0.25, -0.2) is 0 Å². The summed E-state index contributed by atoms with van der Waals surface area (Å²) in [6.45, 7) is 14.8. The van der Waals surface area contributed by atoms with E-state index in [0.717, 1.165) is 16.7 Å². The summed E-state index contributed by atoms with van der Waals surface area (Å²) >= 11 is 0. The Hall–Kier alpha value is -4.42. The van der Waals surface area contributed by atoms with Crippen molar-refractivity contribution >= 4 is 43.5 Å². The first-order valence-electron chi connectivity index (χ1n) is 12.8. The first-order valence-corrected chi connectivity index (χ1v) is 12.8. The first kappa shape index (κ1) is 24.3.